The minimum Gasteiger partial charge on any atom is -0.359 e. The molecule has 2 aromatic rings. The van der Waals surface area contributed by atoms with Crippen molar-refractivity contribution in [2.24, 2.45) is 5.92 Å². The zero-order chi connectivity index (χ0) is 16.3. The number of nitrogens with zero attached hydrogens (tertiary/aromatic N) is 2. The SMILES string of the molecule is CS(=O)(=O)C[C@@H]1CCCN(Cc2cc(-c3ccccc3)no2)C1. The zero-order valence-electron chi connectivity index (χ0n) is 13.3. The number of piperidine rings is 1. The monoisotopic (exact) mass is 334 g/mol. The predicted octanol–water partition coefficient (Wildman–Crippen LogP) is 2.60. The van der Waals surface area contributed by atoms with Crippen LogP contribution >= 0.6 is 0 Å². The Balaban J connectivity index is 1.62. The molecule has 1 aromatic heterocycles. The number of likely N-dealkylation sites (tertiary alicyclic amines) is 1. The predicted molar refractivity (Wildman–Crippen MR) is 89.7 cm³/mol. The Morgan fingerprint density at radius 3 is 2.83 bits per heavy atom. The van der Waals surface area contributed by atoms with Crippen LogP contribution in [0.4, 0.5) is 0 Å². The number of hydrogen-bond donors (Lipinski definition) is 0. The smallest absolute Gasteiger partial charge is 0.151 e. The van der Waals surface area contributed by atoms with Crippen LogP contribution in [0.3, 0.4) is 0 Å². The molecule has 124 valence electrons. The van der Waals surface area contributed by atoms with Crippen molar-refractivity contribution in [2.45, 2.75) is 19.4 Å². The molecular weight excluding hydrogens is 312 g/mol. The second-order valence-corrected chi connectivity index (χ2v) is 8.57. The van der Waals surface area contributed by atoms with Gasteiger partial charge in [-0.15, -0.1) is 0 Å². The van der Waals surface area contributed by atoms with E-state index in [2.05, 4.69) is 10.1 Å². The van der Waals surface area contributed by atoms with E-state index in [1.165, 1.54) is 6.26 Å². The fourth-order valence-electron chi connectivity index (χ4n) is 3.21. The van der Waals surface area contributed by atoms with Crippen molar-refractivity contribution in [3.8, 4) is 11.3 Å². The highest BCUT2D eigenvalue weighted by Gasteiger charge is 2.24. The van der Waals surface area contributed by atoms with Crippen LogP contribution in [-0.2, 0) is 16.4 Å². The molecule has 0 aliphatic carbocycles. The summed E-state index contributed by atoms with van der Waals surface area (Å²) in [5.74, 6) is 1.31. The average Bonchev–Trinajstić information content (AvgIpc) is 2.95. The Hall–Kier alpha value is -1.66. The fourth-order valence-corrected chi connectivity index (χ4v) is 4.34. The molecule has 3 rings (SSSR count). The first-order valence-electron chi connectivity index (χ1n) is 7.91. The second kappa shape index (κ2) is 6.84. The highest BCUT2D eigenvalue weighted by molar-refractivity contribution is 7.90. The molecule has 1 aromatic carbocycles. The van der Waals surface area contributed by atoms with Gasteiger partial charge in [0.2, 0.25) is 0 Å². The van der Waals surface area contributed by atoms with Crippen LogP contribution in [0, 0.1) is 5.92 Å². The van der Waals surface area contributed by atoms with Crippen molar-refractivity contribution >= 4 is 9.84 Å². The molecule has 1 atom stereocenters. The lowest BCUT2D eigenvalue weighted by molar-refractivity contribution is 0.161. The summed E-state index contributed by atoms with van der Waals surface area (Å²) in [5.41, 5.74) is 1.88. The van der Waals surface area contributed by atoms with E-state index in [1.54, 1.807) is 0 Å². The van der Waals surface area contributed by atoms with Crippen molar-refractivity contribution in [1.82, 2.24) is 10.1 Å². The summed E-state index contributed by atoms with van der Waals surface area (Å²) in [6.07, 6.45) is 3.32. The molecule has 5 nitrogen and oxygen atoms in total. The average molecular weight is 334 g/mol. The lowest BCUT2D eigenvalue weighted by Crippen LogP contribution is -2.37. The molecule has 0 saturated carbocycles. The Labute approximate surface area is 137 Å². The Morgan fingerprint density at radius 2 is 2.09 bits per heavy atom. The summed E-state index contributed by atoms with van der Waals surface area (Å²) in [6.45, 7) is 2.45. The van der Waals surface area contributed by atoms with Gasteiger partial charge in [0, 0.05) is 24.4 Å². The van der Waals surface area contributed by atoms with Crippen molar-refractivity contribution in [2.75, 3.05) is 25.1 Å². The molecule has 0 N–H and O–H groups in total. The van der Waals surface area contributed by atoms with E-state index in [4.69, 9.17) is 4.52 Å². The van der Waals surface area contributed by atoms with Gasteiger partial charge in [0.15, 0.2) is 5.76 Å². The second-order valence-electron chi connectivity index (χ2n) is 6.38. The maximum atomic E-state index is 11.5. The quantitative estimate of drug-likeness (QED) is 0.841. The van der Waals surface area contributed by atoms with E-state index in [0.29, 0.717) is 6.54 Å². The first-order valence-corrected chi connectivity index (χ1v) is 9.97. The molecule has 1 saturated heterocycles. The van der Waals surface area contributed by atoms with Crippen LogP contribution in [0.5, 0.6) is 0 Å². The zero-order valence-corrected chi connectivity index (χ0v) is 14.1. The molecule has 0 unspecified atom stereocenters. The molecule has 0 spiro atoms. The van der Waals surface area contributed by atoms with E-state index >= 15 is 0 Å². The first-order chi connectivity index (χ1) is 11.0. The minimum atomic E-state index is -2.91. The van der Waals surface area contributed by atoms with E-state index in [0.717, 1.165) is 42.9 Å². The van der Waals surface area contributed by atoms with Gasteiger partial charge in [-0.2, -0.15) is 0 Å². The van der Waals surface area contributed by atoms with E-state index in [9.17, 15) is 8.42 Å². The minimum absolute atomic E-state index is 0.218. The van der Waals surface area contributed by atoms with Gasteiger partial charge in [-0.05, 0) is 25.3 Å². The molecule has 1 aliphatic heterocycles. The Bertz CT molecular complexity index is 740. The third-order valence-corrected chi connectivity index (χ3v) is 5.23. The van der Waals surface area contributed by atoms with E-state index < -0.39 is 9.84 Å². The number of sulfone groups is 1. The first kappa shape index (κ1) is 16.2. The highest BCUT2D eigenvalue weighted by Crippen LogP contribution is 2.22. The van der Waals surface area contributed by atoms with Gasteiger partial charge in [0.1, 0.15) is 15.5 Å². The largest absolute Gasteiger partial charge is 0.359 e. The van der Waals surface area contributed by atoms with Crippen LogP contribution < -0.4 is 0 Å². The summed E-state index contributed by atoms with van der Waals surface area (Å²) in [5, 5.41) is 4.13. The maximum Gasteiger partial charge on any atom is 0.151 e. The summed E-state index contributed by atoms with van der Waals surface area (Å²) in [7, 11) is -2.91. The lowest BCUT2D eigenvalue weighted by Gasteiger charge is -2.31. The van der Waals surface area contributed by atoms with E-state index in [1.807, 2.05) is 36.4 Å². The summed E-state index contributed by atoms with van der Waals surface area (Å²) in [4.78, 5) is 2.26. The summed E-state index contributed by atoms with van der Waals surface area (Å²) >= 11 is 0. The van der Waals surface area contributed by atoms with Crippen molar-refractivity contribution in [1.29, 1.82) is 0 Å². The van der Waals surface area contributed by atoms with Crippen molar-refractivity contribution < 1.29 is 12.9 Å². The Morgan fingerprint density at radius 1 is 1.30 bits per heavy atom. The molecule has 6 heteroatoms. The molecule has 0 radical (unpaired) electrons. The molecule has 1 fully saturated rings. The van der Waals surface area contributed by atoms with Gasteiger partial charge < -0.3 is 4.52 Å². The fraction of sp³-hybridized carbons (Fsp3) is 0.471. The van der Waals surface area contributed by atoms with Gasteiger partial charge >= 0.3 is 0 Å². The molecule has 23 heavy (non-hydrogen) atoms. The van der Waals surface area contributed by atoms with Gasteiger partial charge in [0.05, 0.1) is 12.3 Å². The molecule has 2 heterocycles. The molecular formula is C17H22N2O3S. The normalized spacial score (nSPS) is 19.8. The standard InChI is InChI=1S/C17H22N2O3S/c1-23(20,21)13-14-6-5-9-19(11-14)12-16-10-17(18-22-16)15-7-3-2-4-8-15/h2-4,7-8,10,14H,5-6,9,11-13H2,1H3/t14-/m1/s1. The number of hydrogen-bond acceptors (Lipinski definition) is 5. The van der Waals surface area contributed by atoms with Crippen molar-refractivity contribution in [3.05, 3.63) is 42.2 Å². The van der Waals surface area contributed by atoms with Crippen LogP contribution in [0.25, 0.3) is 11.3 Å². The maximum absolute atomic E-state index is 11.5. The van der Waals surface area contributed by atoms with Crippen LogP contribution in [0.2, 0.25) is 0 Å². The topological polar surface area (TPSA) is 63.4 Å². The summed E-state index contributed by atoms with van der Waals surface area (Å²) < 4.78 is 28.4. The van der Waals surface area contributed by atoms with Gasteiger partial charge in [-0.1, -0.05) is 35.5 Å². The molecule has 0 bridgehead atoms. The van der Waals surface area contributed by atoms with Gasteiger partial charge in [0.25, 0.3) is 0 Å². The van der Waals surface area contributed by atoms with Gasteiger partial charge in [-0.3, -0.25) is 4.90 Å². The third-order valence-electron chi connectivity index (χ3n) is 4.15. The van der Waals surface area contributed by atoms with Crippen molar-refractivity contribution in [3.63, 3.8) is 0 Å². The summed E-state index contributed by atoms with van der Waals surface area (Å²) in [6, 6.07) is 11.9. The van der Waals surface area contributed by atoms with Crippen LogP contribution in [0.1, 0.15) is 18.6 Å². The molecule has 0 amide bonds. The number of aromatic nitrogens is 1. The van der Waals surface area contributed by atoms with Gasteiger partial charge in [-0.25, -0.2) is 8.42 Å². The lowest BCUT2D eigenvalue weighted by atomic mass is 10.00. The number of rotatable bonds is 5. The molecule has 1 aliphatic rings. The van der Waals surface area contributed by atoms with E-state index in [-0.39, 0.29) is 11.7 Å². The Kier molecular flexibility index (Phi) is 4.82. The number of benzene rings is 1. The van der Waals surface area contributed by atoms with Crippen LogP contribution in [-0.4, -0.2) is 43.6 Å². The van der Waals surface area contributed by atoms with Crippen LogP contribution in [0.15, 0.2) is 40.9 Å². The third kappa shape index (κ3) is 4.65. The highest BCUT2D eigenvalue weighted by atomic mass is 32.2.